The fourth-order valence-electron chi connectivity index (χ4n) is 3.62. The molecule has 0 amide bonds. The van der Waals surface area contributed by atoms with Crippen molar-refractivity contribution in [3.8, 4) is 0 Å². The molecular formula is C14H23NO3. The van der Waals surface area contributed by atoms with Crippen LogP contribution in [0.25, 0.3) is 0 Å². The minimum atomic E-state index is -0.753. The second kappa shape index (κ2) is 4.34. The number of carbonyl (C=O) groups is 1. The van der Waals surface area contributed by atoms with E-state index < -0.39 is 12.0 Å². The van der Waals surface area contributed by atoms with Crippen LogP contribution in [-0.2, 0) is 9.53 Å². The van der Waals surface area contributed by atoms with E-state index in [0.717, 1.165) is 18.6 Å². The number of aliphatic hydroxyl groups is 1. The lowest BCUT2D eigenvalue weighted by atomic mass is 9.70. The molecule has 0 radical (unpaired) electrons. The van der Waals surface area contributed by atoms with Gasteiger partial charge in [-0.2, -0.15) is 0 Å². The predicted molar refractivity (Wildman–Crippen MR) is 69.6 cm³/mol. The number of nitrogens with zero attached hydrogens (tertiary/aromatic N) is 1. The highest BCUT2D eigenvalue weighted by Crippen LogP contribution is 2.64. The van der Waals surface area contributed by atoms with Crippen molar-refractivity contribution in [3.63, 3.8) is 0 Å². The standard InChI is InChI=1S/C14H23NO3/c1-13(2)9-5-6-14(13,3)11(7-9)15-10(8-16)12(17)18-4/h9-10,16H,5-8H2,1-4H3/t9-,10+,14+/m1/s1. The van der Waals surface area contributed by atoms with Crippen molar-refractivity contribution < 1.29 is 14.6 Å². The largest absolute Gasteiger partial charge is 0.467 e. The Morgan fingerprint density at radius 3 is 2.61 bits per heavy atom. The Kier molecular flexibility index (Phi) is 3.26. The average Bonchev–Trinajstić information content (AvgIpc) is 2.67. The summed E-state index contributed by atoms with van der Waals surface area (Å²) >= 11 is 0. The van der Waals surface area contributed by atoms with Gasteiger partial charge < -0.3 is 9.84 Å². The molecule has 2 fully saturated rings. The molecule has 0 aromatic heterocycles. The molecule has 4 nitrogen and oxygen atoms in total. The number of fused-ring (bicyclic) bond motifs is 2. The molecule has 0 spiro atoms. The van der Waals surface area contributed by atoms with Crippen LogP contribution in [0, 0.1) is 16.7 Å². The van der Waals surface area contributed by atoms with Crippen LogP contribution in [0.2, 0.25) is 0 Å². The van der Waals surface area contributed by atoms with E-state index in [4.69, 9.17) is 0 Å². The number of methoxy groups -OCH3 is 1. The summed E-state index contributed by atoms with van der Waals surface area (Å²) < 4.78 is 4.67. The fraction of sp³-hybridized carbons (Fsp3) is 0.857. The zero-order valence-corrected chi connectivity index (χ0v) is 11.7. The van der Waals surface area contributed by atoms with E-state index in [2.05, 4.69) is 30.5 Å². The maximum Gasteiger partial charge on any atom is 0.332 e. The monoisotopic (exact) mass is 253 g/mol. The van der Waals surface area contributed by atoms with Crippen molar-refractivity contribution in [2.45, 2.75) is 46.1 Å². The van der Waals surface area contributed by atoms with Gasteiger partial charge in [-0.1, -0.05) is 20.8 Å². The third kappa shape index (κ3) is 1.69. The van der Waals surface area contributed by atoms with Gasteiger partial charge in [0.2, 0.25) is 0 Å². The minimum absolute atomic E-state index is 0.0686. The van der Waals surface area contributed by atoms with Gasteiger partial charge in [-0.15, -0.1) is 0 Å². The predicted octanol–water partition coefficient (Wildman–Crippen LogP) is 1.81. The van der Waals surface area contributed by atoms with Gasteiger partial charge in [0, 0.05) is 11.1 Å². The molecule has 1 N–H and O–H groups in total. The lowest BCUT2D eigenvalue weighted by Gasteiger charge is -2.35. The van der Waals surface area contributed by atoms with Gasteiger partial charge in [0.25, 0.3) is 0 Å². The third-order valence-corrected chi connectivity index (χ3v) is 5.47. The molecule has 0 heterocycles. The van der Waals surface area contributed by atoms with E-state index in [1.54, 1.807) is 0 Å². The number of hydrogen-bond acceptors (Lipinski definition) is 4. The molecule has 0 aromatic rings. The van der Waals surface area contributed by atoms with Crippen LogP contribution in [0.4, 0.5) is 0 Å². The Hall–Kier alpha value is -0.900. The summed E-state index contributed by atoms with van der Waals surface area (Å²) in [6.07, 6.45) is 3.32. The first-order valence-corrected chi connectivity index (χ1v) is 6.62. The number of aliphatic imine (C=N–C) groups is 1. The summed E-state index contributed by atoms with van der Waals surface area (Å²) in [7, 11) is 1.33. The van der Waals surface area contributed by atoms with Crippen LogP contribution < -0.4 is 0 Å². The summed E-state index contributed by atoms with van der Waals surface area (Å²) in [5, 5.41) is 9.26. The Morgan fingerprint density at radius 1 is 1.56 bits per heavy atom. The van der Waals surface area contributed by atoms with Crippen LogP contribution >= 0.6 is 0 Å². The number of rotatable bonds is 3. The summed E-state index contributed by atoms with van der Waals surface area (Å²) in [5.41, 5.74) is 1.40. The molecule has 2 bridgehead atoms. The molecule has 2 rings (SSSR count). The Balaban J connectivity index is 2.28. The van der Waals surface area contributed by atoms with Gasteiger partial charge in [0.1, 0.15) is 0 Å². The van der Waals surface area contributed by atoms with Crippen molar-refractivity contribution in [2.24, 2.45) is 21.7 Å². The van der Waals surface area contributed by atoms with E-state index in [0.29, 0.717) is 5.92 Å². The van der Waals surface area contributed by atoms with Crippen LogP contribution in [0.3, 0.4) is 0 Å². The zero-order chi connectivity index (χ0) is 13.6. The van der Waals surface area contributed by atoms with E-state index in [9.17, 15) is 9.90 Å². The van der Waals surface area contributed by atoms with Crippen molar-refractivity contribution in [3.05, 3.63) is 0 Å². The van der Waals surface area contributed by atoms with E-state index in [1.165, 1.54) is 13.5 Å². The lowest BCUT2D eigenvalue weighted by molar-refractivity contribution is -0.142. The number of ether oxygens (including phenoxy) is 1. The maximum absolute atomic E-state index is 11.5. The maximum atomic E-state index is 11.5. The SMILES string of the molecule is COC(=O)[C@H](CO)N=C1C[C@H]2CC[C@]1(C)C2(C)C. The molecule has 102 valence electrons. The molecule has 2 saturated carbocycles. The topological polar surface area (TPSA) is 58.9 Å². The number of aliphatic hydroxyl groups excluding tert-OH is 1. The van der Waals surface area contributed by atoms with Gasteiger partial charge in [-0.3, -0.25) is 4.99 Å². The van der Waals surface area contributed by atoms with Gasteiger partial charge >= 0.3 is 5.97 Å². The summed E-state index contributed by atoms with van der Waals surface area (Å²) in [4.78, 5) is 16.0. The molecule has 2 aliphatic rings. The van der Waals surface area contributed by atoms with Crippen LogP contribution in [-0.4, -0.2) is 36.5 Å². The first kappa shape index (κ1) is 13.5. The van der Waals surface area contributed by atoms with Crippen LogP contribution in [0.5, 0.6) is 0 Å². The molecule has 0 aromatic carbocycles. The Morgan fingerprint density at radius 2 is 2.22 bits per heavy atom. The van der Waals surface area contributed by atoms with Crippen molar-refractivity contribution in [1.82, 2.24) is 0 Å². The molecular weight excluding hydrogens is 230 g/mol. The normalized spacial score (nSPS) is 36.9. The molecule has 18 heavy (non-hydrogen) atoms. The Labute approximate surface area is 108 Å². The number of carbonyl (C=O) groups excluding carboxylic acids is 1. The molecule has 0 aliphatic heterocycles. The number of hydrogen-bond donors (Lipinski definition) is 1. The first-order chi connectivity index (χ1) is 8.36. The highest BCUT2D eigenvalue weighted by molar-refractivity contribution is 5.96. The van der Waals surface area contributed by atoms with Gasteiger partial charge in [-0.25, -0.2) is 4.79 Å². The quantitative estimate of drug-likeness (QED) is 0.780. The molecule has 4 heteroatoms. The number of esters is 1. The minimum Gasteiger partial charge on any atom is -0.467 e. The summed E-state index contributed by atoms with van der Waals surface area (Å²) in [6.45, 7) is 6.54. The van der Waals surface area contributed by atoms with Crippen LogP contribution in [0.15, 0.2) is 4.99 Å². The van der Waals surface area contributed by atoms with Gasteiger partial charge in [0.15, 0.2) is 6.04 Å². The summed E-state index contributed by atoms with van der Waals surface area (Å²) in [6, 6.07) is -0.753. The zero-order valence-electron chi connectivity index (χ0n) is 11.7. The molecule has 0 saturated heterocycles. The fourth-order valence-corrected chi connectivity index (χ4v) is 3.62. The second-order valence-electron chi connectivity index (χ2n) is 6.29. The molecule has 3 atom stereocenters. The highest BCUT2D eigenvalue weighted by atomic mass is 16.5. The smallest absolute Gasteiger partial charge is 0.332 e. The van der Waals surface area contributed by atoms with Gasteiger partial charge in [-0.05, 0) is 30.6 Å². The Bertz CT molecular complexity index is 389. The summed E-state index contributed by atoms with van der Waals surface area (Å²) in [5.74, 6) is 0.201. The second-order valence-corrected chi connectivity index (χ2v) is 6.29. The molecule has 2 aliphatic carbocycles. The van der Waals surface area contributed by atoms with Crippen LogP contribution in [0.1, 0.15) is 40.0 Å². The first-order valence-electron chi connectivity index (χ1n) is 6.62. The highest BCUT2D eigenvalue weighted by Gasteiger charge is 2.59. The van der Waals surface area contributed by atoms with Crippen molar-refractivity contribution in [2.75, 3.05) is 13.7 Å². The van der Waals surface area contributed by atoms with Crippen molar-refractivity contribution >= 4 is 11.7 Å². The van der Waals surface area contributed by atoms with Gasteiger partial charge in [0.05, 0.1) is 13.7 Å². The molecule has 0 unspecified atom stereocenters. The van der Waals surface area contributed by atoms with E-state index in [1.807, 2.05) is 0 Å². The van der Waals surface area contributed by atoms with Crippen molar-refractivity contribution in [1.29, 1.82) is 0 Å². The van der Waals surface area contributed by atoms with E-state index in [-0.39, 0.29) is 17.4 Å². The average molecular weight is 253 g/mol. The lowest BCUT2D eigenvalue weighted by Crippen LogP contribution is -2.35. The third-order valence-electron chi connectivity index (χ3n) is 5.47. The van der Waals surface area contributed by atoms with E-state index >= 15 is 0 Å².